The van der Waals surface area contributed by atoms with Crippen LogP contribution in [0.15, 0.2) is 72.8 Å². The molecule has 0 amide bonds. The number of hydrogen-bond acceptors (Lipinski definition) is 8. The maximum atomic E-state index is 5.89. The molecule has 0 heterocycles. The SMILES string of the molecule is COc1cc(OC)cc(C23CC4(c5cc(OC)cc(OC)c5)CC(c5cc(OC)cc(OC)c5)(C2)CC(c2cc(OC)cc(OC)c2)(C3)C4)c1. The van der Waals surface area contributed by atoms with Gasteiger partial charge in [0.2, 0.25) is 0 Å². The van der Waals surface area contributed by atoms with Gasteiger partial charge in [-0.1, -0.05) is 0 Å². The summed E-state index contributed by atoms with van der Waals surface area (Å²) in [7, 11) is 13.7. The molecule has 0 atom stereocenters. The molecule has 4 aromatic carbocycles. The van der Waals surface area contributed by atoms with Crippen molar-refractivity contribution in [2.24, 2.45) is 0 Å². The minimum Gasteiger partial charge on any atom is -0.497 e. The van der Waals surface area contributed by atoms with E-state index in [1.807, 2.05) is 24.3 Å². The molecule has 0 aliphatic heterocycles. The van der Waals surface area contributed by atoms with Gasteiger partial charge in [0.05, 0.1) is 56.9 Å². The van der Waals surface area contributed by atoms with Crippen LogP contribution in [-0.2, 0) is 21.7 Å². The number of methoxy groups -OCH3 is 8. The predicted molar refractivity (Wildman–Crippen MR) is 193 cm³/mol. The average molecular weight is 681 g/mol. The summed E-state index contributed by atoms with van der Waals surface area (Å²) in [6.07, 6.45) is 5.57. The van der Waals surface area contributed by atoms with E-state index in [0.717, 1.165) is 84.5 Å². The van der Waals surface area contributed by atoms with E-state index in [1.54, 1.807) is 56.9 Å². The van der Waals surface area contributed by atoms with Crippen LogP contribution in [0.1, 0.15) is 60.8 Å². The van der Waals surface area contributed by atoms with E-state index in [1.165, 1.54) is 22.3 Å². The average Bonchev–Trinajstić information content (AvgIpc) is 3.16. The minimum absolute atomic E-state index is 0.278. The van der Waals surface area contributed by atoms with Crippen molar-refractivity contribution in [1.82, 2.24) is 0 Å². The van der Waals surface area contributed by atoms with Gasteiger partial charge in [0.1, 0.15) is 46.0 Å². The van der Waals surface area contributed by atoms with Crippen LogP contribution >= 0.6 is 0 Å². The summed E-state index contributed by atoms with van der Waals surface area (Å²) in [5.41, 5.74) is 3.74. The van der Waals surface area contributed by atoms with E-state index in [2.05, 4.69) is 48.5 Å². The molecule has 4 aliphatic rings. The maximum Gasteiger partial charge on any atom is 0.122 e. The van der Waals surface area contributed by atoms with Gasteiger partial charge >= 0.3 is 0 Å². The topological polar surface area (TPSA) is 73.8 Å². The molecule has 0 aromatic heterocycles. The van der Waals surface area contributed by atoms with Gasteiger partial charge in [-0.3, -0.25) is 0 Å². The van der Waals surface area contributed by atoms with Crippen molar-refractivity contribution in [3.63, 3.8) is 0 Å². The Morgan fingerprint density at radius 3 is 0.520 bits per heavy atom. The van der Waals surface area contributed by atoms with Crippen molar-refractivity contribution in [3.8, 4) is 46.0 Å². The van der Waals surface area contributed by atoms with E-state index >= 15 is 0 Å². The van der Waals surface area contributed by atoms with Gasteiger partial charge < -0.3 is 37.9 Å². The largest absolute Gasteiger partial charge is 0.497 e. The molecule has 50 heavy (non-hydrogen) atoms. The van der Waals surface area contributed by atoms with E-state index < -0.39 is 0 Å². The normalized spacial score (nSPS) is 26.2. The van der Waals surface area contributed by atoms with Crippen LogP contribution in [-0.4, -0.2) is 56.9 Å². The van der Waals surface area contributed by atoms with Gasteiger partial charge in [-0.25, -0.2) is 0 Å². The molecule has 264 valence electrons. The molecule has 4 fully saturated rings. The predicted octanol–water partition coefficient (Wildman–Crippen LogP) is 8.19. The summed E-state index contributed by atoms with van der Waals surface area (Å²) >= 11 is 0. The summed E-state index contributed by atoms with van der Waals surface area (Å²) in [5.74, 6) is 6.23. The van der Waals surface area contributed by atoms with Gasteiger partial charge in [-0.2, -0.15) is 0 Å². The standard InChI is InChI=1S/C42H48O8/c1-43-31-9-27(10-32(17-31)44-2)39-21-40(28-11-33(45-3)18-34(12-28)46-4)24-41(22-39,29-13-35(47-5)19-36(14-29)48-6)26-42(23-39,25-40)30-15-37(49-7)20-38(16-30)50-8/h9-20H,21-26H2,1-8H3. The van der Waals surface area contributed by atoms with Crippen LogP contribution < -0.4 is 37.9 Å². The van der Waals surface area contributed by atoms with Crippen LogP contribution in [0, 0.1) is 0 Å². The van der Waals surface area contributed by atoms with Gasteiger partial charge in [0.25, 0.3) is 0 Å². The van der Waals surface area contributed by atoms with Crippen molar-refractivity contribution in [3.05, 3.63) is 95.1 Å². The quantitative estimate of drug-likeness (QED) is 0.148. The molecule has 8 rings (SSSR count). The summed E-state index contributed by atoms with van der Waals surface area (Å²) < 4.78 is 47.1. The lowest BCUT2D eigenvalue weighted by molar-refractivity contribution is -0.0695. The lowest BCUT2D eigenvalue weighted by atomic mass is 9.32. The lowest BCUT2D eigenvalue weighted by Crippen LogP contribution is -2.67. The second-order valence-corrected chi connectivity index (χ2v) is 14.6. The van der Waals surface area contributed by atoms with Crippen LogP contribution in [0.4, 0.5) is 0 Å². The van der Waals surface area contributed by atoms with Crippen molar-refractivity contribution in [1.29, 1.82) is 0 Å². The fourth-order valence-corrected chi connectivity index (χ4v) is 10.3. The fourth-order valence-electron chi connectivity index (χ4n) is 10.3. The summed E-state index contributed by atoms with van der Waals surface area (Å²) in [6, 6.07) is 25.6. The zero-order valence-corrected chi connectivity index (χ0v) is 30.4. The fraction of sp³-hybridized carbons (Fsp3) is 0.429. The van der Waals surface area contributed by atoms with Gasteiger partial charge in [0, 0.05) is 24.3 Å². The van der Waals surface area contributed by atoms with Crippen LogP contribution in [0.5, 0.6) is 46.0 Å². The maximum absolute atomic E-state index is 5.89. The zero-order chi connectivity index (χ0) is 35.3. The van der Waals surface area contributed by atoms with Crippen molar-refractivity contribution in [2.75, 3.05) is 56.9 Å². The van der Waals surface area contributed by atoms with E-state index in [-0.39, 0.29) is 21.7 Å². The van der Waals surface area contributed by atoms with E-state index in [9.17, 15) is 0 Å². The highest BCUT2D eigenvalue weighted by molar-refractivity contribution is 5.56. The summed E-state index contributed by atoms with van der Waals surface area (Å²) in [5, 5.41) is 0. The minimum atomic E-state index is -0.278. The molecular formula is C42H48O8. The molecule has 0 spiro atoms. The Hall–Kier alpha value is -4.72. The third-order valence-corrected chi connectivity index (χ3v) is 11.9. The zero-order valence-electron chi connectivity index (χ0n) is 30.4. The Balaban J connectivity index is 1.58. The smallest absolute Gasteiger partial charge is 0.122 e. The van der Waals surface area contributed by atoms with E-state index in [4.69, 9.17) is 37.9 Å². The number of hydrogen-bond donors (Lipinski definition) is 0. The first-order valence-corrected chi connectivity index (χ1v) is 17.1. The first kappa shape index (κ1) is 33.8. The van der Waals surface area contributed by atoms with Gasteiger partial charge in [-0.05, 0) is 131 Å². The Labute approximate surface area is 295 Å². The first-order chi connectivity index (χ1) is 24.1. The second-order valence-electron chi connectivity index (χ2n) is 14.6. The summed E-state index contributed by atoms with van der Waals surface area (Å²) in [6.45, 7) is 0. The van der Waals surface area contributed by atoms with Crippen LogP contribution in [0.25, 0.3) is 0 Å². The van der Waals surface area contributed by atoms with E-state index in [0.29, 0.717) is 0 Å². The molecule has 0 unspecified atom stereocenters. The molecule has 4 aliphatic carbocycles. The molecule has 8 nitrogen and oxygen atoms in total. The lowest BCUT2D eigenvalue weighted by Gasteiger charge is -2.71. The van der Waals surface area contributed by atoms with Gasteiger partial charge in [-0.15, -0.1) is 0 Å². The molecule has 0 saturated heterocycles. The highest BCUT2D eigenvalue weighted by Crippen LogP contribution is 2.75. The Morgan fingerprint density at radius 1 is 0.260 bits per heavy atom. The molecule has 0 radical (unpaired) electrons. The van der Waals surface area contributed by atoms with Crippen LogP contribution in [0.3, 0.4) is 0 Å². The third-order valence-electron chi connectivity index (χ3n) is 11.9. The van der Waals surface area contributed by atoms with Crippen molar-refractivity contribution >= 4 is 0 Å². The summed E-state index contributed by atoms with van der Waals surface area (Å²) in [4.78, 5) is 0. The number of benzene rings is 4. The molecule has 4 aromatic rings. The highest BCUT2D eigenvalue weighted by atomic mass is 16.5. The molecule has 4 bridgehead atoms. The Bertz CT molecular complexity index is 1500. The Morgan fingerprint density at radius 2 is 0.400 bits per heavy atom. The number of rotatable bonds is 12. The number of ether oxygens (including phenoxy) is 8. The van der Waals surface area contributed by atoms with Crippen LogP contribution in [0.2, 0.25) is 0 Å². The molecule has 0 N–H and O–H groups in total. The molecular weight excluding hydrogens is 632 g/mol. The van der Waals surface area contributed by atoms with Crippen molar-refractivity contribution < 1.29 is 37.9 Å². The Kier molecular flexibility index (Phi) is 8.48. The van der Waals surface area contributed by atoms with Gasteiger partial charge in [0.15, 0.2) is 0 Å². The van der Waals surface area contributed by atoms with Crippen molar-refractivity contribution in [2.45, 2.75) is 60.2 Å². The second kappa shape index (κ2) is 12.6. The molecule has 4 saturated carbocycles. The first-order valence-electron chi connectivity index (χ1n) is 17.1. The highest BCUT2D eigenvalue weighted by Gasteiger charge is 2.70. The third kappa shape index (κ3) is 5.44. The molecule has 8 heteroatoms. The monoisotopic (exact) mass is 680 g/mol.